The predicted molar refractivity (Wildman–Crippen MR) is 212 cm³/mol. The molecule has 0 radical (unpaired) electrons. The monoisotopic (exact) mass is 766 g/mol. The van der Waals surface area contributed by atoms with Gasteiger partial charge in [0.1, 0.15) is 6.04 Å². The number of para-hydroxylation sites is 1. The van der Waals surface area contributed by atoms with Crippen LogP contribution in [0.5, 0.6) is 0 Å². The summed E-state index contributed by atoms with van der Waals surface area (Å²) in [4.78, 5) is 93.3. The molecule has 1 atom stereocenters. The van der Waals surface area contributed by atoms with E-state index in [-0.39, 0.29) is 53.6 Å². The molecule has 0 spiro atoms. The van der Waals surface area contributed by atoms with Crippen LogP contribution in [-0.4, -0.2) is 76.9 Å². The average molecular weight is 767 g/mol. The maximum atomic E-state index is 13.3. The van der Waals surface area contributed by atoms with Gasteiger partial charge in [-0.25, -0.2) is 0 Å². The number of pyridine rings is 1. The van der Waals surface area contributed by atoms with Crippen LogP contribution in [0, 0.1) is 0 Å². The SMILES string of the molecule is NC(=O)c1cnc2ccc(-c3ccc(C(=O)NCCCCNC(=O)CNc4cccc5c4C(=O)N(C4CCC(=O)NC4=O)C5=O)cc3)cc2c1Nc1ccccc1. The summed E-state index contributed by atoms with van der Waals surface area (Å²) in [6, 6.07) is 25.9. The van der Waals surface area contributed by atoms with Crippen LogP contribution < -0.4 is 32.3 Å². The van der Waals surface area contributed by atoms with Crippen LogP contribution in [0.3, 0.4) is 0 Å². The van der Waals surface area contributed by atoms with E-state index in [0.717, 1.165) is 27.1 Å². The summed E-state index contributed by atoms with van der Waals surface area (Å²) in [7, 11) is 0. The van der Waals surface area contributed by atoms with Gasteiger partial charge >= 0.3 is 0 Å². The molecule has 1 unspecified atom stereocenters. The number of hydrogen-bond acceptors (Lipinski definition) is 10. The number of piperidine rings is 1. The van der Waals surface area contributed by atoms with Crippen LogP contribution >= 0.6 is 0 Å². The molecule has 3 heterocycles. The van der Waals surface area contributed by atoms with Crippen LogP contribution in [0.25, 0.3) is 22.0 Å². The number of anilines is 3. The number of hydrogen-bond donors (Lipinski definition) is 6. The Morgan fingerprint density at radius 2 is 1.56 bits per heavy atom. The summed E-state index contributed by atoms with van der Waals surface area (Å²) in [5, 5.41) is 14.8. The summed E-state index contributed by atoms with van der Waals surface area (Å²) < 4.78 is 0. The van der Waals surface area contributed by atoms with Gasteiger partial charge in [0, 0.05) is 48.0 Å². The predicted octanol–water partition coefficient (Wildman–Crippen LogP) is 3.88. The molecule has 1 saturated heterocycles. The Hall–Kier alpha value is -7.42. The second kappa shape index (κ2) is 16.5. The highest BCUT2D eigenvalue weighted by molar-refractivity contribution is 6.25. The quantitative estimate of drug-likeness (QED) is 0.0707. The number of benzene rings is 4. The molecule has 1 aromatic heterocycles. The van der Waals surface area contributed by atoms with E-state index in [4.69, 9.17) is 5.73 Å². The van der Waals surface area contributed by atoms with Crippen LogP contribution in [0.15, 0.2) is 97.2 Å². The van der Waals surface area contributed by atoms with Gasteiger partial charge in [0.15, 0.2) is 0 Å². The molecule has 0 saturated carbocycles. The zero-order chi connectivity index (χ0) is 40.1. The lowest BCUT2D eigenvalue weighted by Gasteiger charge is -2.27. The number of amides is 7. The Morgan fingerprint density at radius 1 is 0.825 bits per heavy atom. The highest BCUT2D eigenvalue weighted by Gasteiger charge is 2.45. The van der Waals surface area contributed by atoms with E-state index in [0.29, 0.717) is 42.7 Å². The Morgan fingerprint density at radius 3 is 2.30 bits per heavy atom. The number of carbonyl (C=O) groups excluding carboxylic acids is 7. The summed E-state index contributed by atoms with van der Waals surface area (Å²) >= 11 is 0. The van der Waals surface area contributed by atoms with Crippen molar-refractivity contribution in [3.05, 3.63) is 119 Å². The molecule has 57 heavy (non-hydrogen) atoms. The first-order valence-corrected chi connectivity index (χ1v) is 18.4. The van der Waals surface area contributed by atoms with Crippen molar-refractivity contribution in [1.29, 1.82) is 0 Å². The van der Waals surface area contributed by atoms with Crippen molar-refractivity contribution >= 4 is 69.3 Å². The molecule has 5 aromatic rings. The van der Waals surface area contributed by atoms with Crippen molar-refractivity contribution in [2.24, 2.45) is 5.73 Å². The minimum atomic E-state index is -1.09. The first kappa shape index (κ1) is 37.9. The lowest BCUT2D eigenvalue weighted by Crippen LogP contribution is -2.54. The van der Waals surface area contributed by atoms with Gasteiger partial charge < -0.3 is 27.0 Å². The number of primary amides is 1. The second-order valence-electron chi connectivity index (χ2n) is 13.6. The fourth-order valence-corrected chi connectivity index (χ4v) is 6.86. The molecular formula is C42H38N8O7. The van der Waals surface area contributed by atoms with Crippen LogP contribution in [0.4, 0.5) is 17.1 Å². The lowest BCUT2D eigenvalue weighted by atomic mass is 9.99. The number of carbonyl (C=O) groups is 7. The number of rotatable bonds is 14. The lowest BCUT2D eigenvalue weighted by molar-refractivity contribution is -0.136. The normalized spacial score (nSPS) is 14.9. The molecule has 2 aliphatic rings. The number of nitrogens with zero attached hydrogens (tertiary/aromatic N) is 2. The number of unbranched alkanes of at least 4 members (excludes halogenated alkanes) is 1. The highest BCUT2D eigenvalue weighted by Crippen LogP contribution is 2.34. The minimum Gasteiger partial charge on any atom is -0.375 e. The molecule has 0 aliphatic carbocycles. The minimum absolute atomic E-state index is 0.0147. The molecular weight excluding hydrogens is 729 g/mol. The number of nitrogens with two attached hydrogens (primary N) is 1. The van der Waals surface area contributed by atoms with Crippen LogP contribution in [-0.2, 0) is 14.4 Å². The zero-order valence-corrected chi connectivity index (χ0v) is 30.6. The molecule has 288 valence electrons. The molecule has 7 rings (SSSR count). The Balaban J connectivity index is 0.873. The van der Waals surface area contributed by atoms with Gasteiger partial charge in [-0.1, -0.05) is 42.5 Å². The number of nitrogens with one attached hydrogen (secondary N) is 5. The standard InChI is InChI=1S/C42H38N8O7/c43-38(53)30-22-46-31-16-15-26(21-29(31)37(30)48-27-7-2-1-3-8-27)24-11-13-25(14-12-24)39(54)45-20-5-4-19-44-35(52)23-47-32-10-6-9-28-36(32)42(57)50(41(28)56)33-17-18-34(51)49-40(33)55/h1-3,6-16,21-22,33,47H,4-5,17-20,23H2,(H2,43,53)(H,44,52)(H,45,54)(H,46,48)(H,49,51,55). The zero-order valence-electron chi connectivity index (χ0n) is 30.6. The van der Waals surface area contributed by atoms with E-state index in [1.165, 1.54) is 12.3 Å². The van der Waals surface area contributed by atoms with Gasteiger partial charge in [-0.3, -0.25) is 48.8 Å². The maximum absolute atomic E-state index is 13.3. The third kappa shape index (κ3) is 8.17. The van der Waals surface area contributed by atoms with Crippen molar-refractivity contribution < 1.29 is 33.6 Å². The van der Waals surface area contributed by atoms with Gasteiger partial charge in [0.25, 0.3) is 23.6 Å². The summed E-state index contributed by atoms with van der Waals surface area (Å²) in [5.41, 5.74) is 10.7. The first-order chi connectivity index (χ1) is 27.6. The average Bonchev–Trinajstić information content (AvgIpc) is 3.47. The van der Waals surface area contributed by atoms with E-state index < -0.39 is 35.6 Å². The number of imide groups is 2. The Bertz CT molecular complexity index is 2440. The third-order valence-electron chi connectivity index (χ3n) is 9.78. The second-order valence-corrected chi connectivity index (χ2v) is 13.6. The topological polar surface area (TPSA) is 222 Å². The van der Waals surface area contributed by atoms with Crippen molar-refractivity contribution in [2.45, 2.75) is 31.7 Å². The summed E-state index contributed by atoms with van der Waals surface area (Å²) in [5.74, 6) is -3.63. The summed E-state index contributed by atoms with van der Waals surface area (Å²) in [6.07, 6.45) is 2.72. The molecule has 15 heteroatoms. The highest BCUT2D eigenvalue weighted by atomic mass is 16.2. The molecule has 0 bridgehead atoms. The molecule has 15 nitrogen and oxygen atoms in total. The van der Waals surface area contributed by atoms with Crippen molar-refractivity contribution in [3.8, 4) is 11.1 Å². The molecule has 4 aromatic carbocycles. The summed E-state index contributed by atoms with van der Waals surface area (Å²) in [6.45, 7) is 0.574. The van der Waals surface area contributed by atoms with E-state index in [1.807, 2.05) is 60.7 Å². The van der Waals surface area contributed by atoms with Crippen LogP contribution in [0.2, 0.25) is 0 Å². The Kier molecular flexibility index (Phi) is 11.0. The van der Waals surface area contributed by atoms with Crippen molar-refractivity contribution in [3.63, 3.8) is 0 Å². The van der Waals surface area contributed by atoms with Gasteiger partial charge in [-0.2, -0.15) is 0 Å². The smallest absolute Gasteiger partial charge is 0.264 e. The Labute approximate surface area is 326 Å². The van der Waals surface area contributed by atoms with E-state index >= 15 is 0 Å². The van der Waals surface area contributed by atoms with E-state index in [1.54, 1.807) is 24.3 Å². The molecule has 7 N–H and O–H groups in total. The fourth-order valence-electron chi connectivity index (χ4n) is 6.86. The third-order valence-corrected chi connectivity index (χ3v) is 9.78. The van der Waals surface area contributed by atoms with Crippen molar-refractivity contribution in [1.82, 2.24) is 25.8 Å². The van der Waals surface area contributed by atoms with E-state index in [9.17, 15) is 33.6 Å². The van der Waals surface area contributed by atoms with E-state index in [2.05, 4.69) is 31.6 Å². The van der Waals surface area contributed by atoms with Gasteiger partial charge in [-0.15, -0.1) is 0 Å². The first-order valence-electron chi connectivity index (χ1n) is 18.4. The van der Waals surface area contributed by atoms with Gasteiger partial charge in [0.05, 0.1) is 34.4 Å². The fraction of sp³-hybridized carbons (Fsp3) is 0.190. The van der Waals surface area contributed by atoms with Crippen molar-refractivity contribution in [2.75, 3.05) is 30.3 Å². The molecule has 1 fully saturated rings. The van der Waals surface area contributed by atoms with Crippen LogP contribution in [0.1, 0.15) is 67.1 Å². The molecule has 2 aliphatic heterocycles. The van der Waals surface area contributed by atoms with Gasteiger partial charge in [-0.05, 0) is 78.9 Å². The molecule has 7 amide bonds. The number of aromatic nitrogens is 1. The van der Waals surface area contributed by atoms with Gasteiger partial charge in [0.2, 0.25) is 17.7 Å². The number of fused-ring (bicyclic) bond motifs is 2. The largest absolute Gasteiger partial charge is 0.375 e. The maximum Gasteiger partial charge on any atom is 0.264 e.